The average molecular weight is 231 g/mol. The van der Waals surface area contributed by atoms with Crippen LogP contribution in [0.1, 0.15) is 36.2 Å². The molecular formula is C15H21NO. The van der Waals surface area contributed by atoms with Crippen molar-refractivity contribution in [2.45, 2.75) is 27.2 Å². The van der Waals surface area contributed by atoms with Crippen molar-refractivity contribution < 1.29 is 4.79 Å². The lowest BCUT2D eigenvalue weighted by molar-refractivity contribution is 0.112. The first-order valence-electron chi connectivity index (χ1n) is 6.42. The molecule has 0 aliphatic carbocycles. The Labute approximate surface area is 104 Å². The van der Waals surface area contributed by atoms with Crippen LogP contribution in [0.3, 0.4) is 0 Å². The van der Waals surface area contributed by atoms with E-state index in [-0.39, 0.29) is 0 Å². The van der Waals surface area contributed by atoms with Crippen molar-refractivity contribution in [3.05, 3.63) is 29.3 Å². The van der Waals surface area contributed by atoms with Gasteiger partial charge in [-0.05, 0) is 37.3 Å². The van der Waals surface area contributed by atoms with Gasteiger partial charge in [0.25, 0.3) is 0 Å². The van der Waals surface area contributed by atoms with Gasteiger partial charge in [0.05, 0.1) is 0 Å². The van der Waals surface area contributed by atoms with Crippen molar-refractivity contribution >= 4 is 12.0 Å². The van der Waals surface area contributed by atoms with E-state index in [0.29, 0.717) is 0 Å². The fourth-order valence-electron chi connectivity index (χ4n) is 2.61. The number of anilines is 1. The number of aldehydes is 1. The predicted octanol–water partition coefficient (Wildman–Crippen LogP) is 3.29. The Morgan fingerprint density at radius 3 is 2.76 bits per heavy atom. The molecular weight excluding hydrogens is 210 g/mol. The molecule has 1 heterocycles. The maximum Gasteiger partial charge on any atom is 0.152 e. The summed E-state index contributed by atoms with van der Waals surface area (Å²) in [6.45, 7) is 8.75. The first-order chi connectivity index (χ1) is 8.11. The van der Waals surface area contributed by atoms with E-state index >= 15 is 0 Å². The molecule has 0 bridgehead atoms. The lowest BCUT2D eigenvalue weighted by Crippen LogP contribution is -2.22. The molecule has 17 heavy (non-hydrogen) atoms. The van der Waals surface area contributed by atoms with E-state index in [1.165, 1.54) is 6.42 Å². The molecule has 1 aromatic rings. The minimum atomic E-state index is 0.727. The van der Waals surface area contributed by atoms with Gasteiger partial charge in [-0.2, -0.15) is 0 Å². The van der Waals surface area contributed by atoms with Crippen LogP contribution in [0.5, 0.6) is 0 Å². The van der Waals surface area contributed by atoms with Crippen molar-refractivity contribution in [3.63, 3.8) is 0 Å². The summed E-state index contributed by atoms with van der Waals surface area (Å²) in [5, 5.41) is 0. The van der Waals surface area contributed by atoms with Gasteiger partial charge in [-0.3, -0.25) is 4.79 Å². The van der Waals surface area contributed by atoms with Gasteiger partial charge in [0.15, 0.2) is 6.29 Å². The molecule has 1 aliphatic rings. The topological polar surface area (TPSA) is 20.3 Å². The van der Waals surface area contributed by atoms with E-state index < -0.39 is 0 Å². The number of hydrogen-bond acceptors (Lipinski definition) is 2. The molecule has 0 spiro atoms. The van der Waals surface area contributed by atoms with Crippen LogP contribution in [0.4, 0.5) is 5.69 Å². The zero-order chi connectivity index (χ0) is 12.4. The van der Waals surface area contributed by atoms with Crippen LogP contribution < -0.4 is 4.90 Å². The Kier molecular flexibility index (Phi) is 3.51. The maximum absolute atomic E-state index is 11.1. The highest BCUT2D eigenvalue weighted by atomic mass is 16.1. The Hall–Kier alpha value is -1.31. The average Bonchev–Trinajstić information content (AvgIpc) is 2.78. The molecule has 0 saturated carbocycles. The number of rotatable bonds is 3. The van der Waals surface area contributed by atoms with Crippen LogP contribution in [0.15, 0.2) is 18.2 Å². The van der Waals surface area contributed by atoms with Crippen LogP contribution >= 0.6 is 0 Å². The zero-order valence-corrected chi connectivity index (χ0v) is 10.9. The summed E-state index contributed by atoms with van der Waals surface area (Å²) in [6.07, 6.45) is 2.22. The minimum absolute atomic E-state index is 0.727. The molecule has 2 heteroatoms. The third kappa shape index (κ3) is 2.51. The van der Waals surface area contributed by atoms with E-state index in [4.69, 9.17) is 0 Å². The van der Waals surface area contributed by atoms with Crippen molar-refractivity contribution in [1.29, 1.82) is 0 Å². The summed E-state index contributed by atoms with van der Waals surface area (Å²) in [7, 11) is 0. The van der Waals surface area contributed by atoms with E-state index in [0.717, 1.165) is 48.0 Å². The minimum Gasteiger partial charge on any atom is -0.371 e. The Morgan fingerprint density at radius 2 is 2.18 bits per heavy atom. The fourth-order valence-corrected chi connectivity index (χ4v) is 2.61. The van der Waals surface area contributed by atoms with Crippen molar-refractivity contribution in [2.24, 2.45) is 11.8 Å². The number of aryl methyl sites for hydroxylation is 1. The van der Waals surface area contributed by atoms with Gasteiger partial charge in [-0.15, -0.1) is 0 Å². The summed E-state index contributed by atoms with van der Waals surface area (Å²) in [6, 6.07) is 6.15. The van der Waals surface area contributed by atoms with Crippen LogP contribution in [-0.2, 0) is 0 Å². The summed E-state index contributed by atoms with van der Waals surface area (Å²) in [5.74, 6) is 1.49. The van der Waals surface area contributed by atoms with Gasteiger partial charge in [0, 0.05) is 24.3 Å². The second-order valence-corrected chi connectivity index (χ2v) is 5.42. The third-order valence-corrected chi connectivity index (χ3v) is 3.82. The van der Waals surface area contributed by atoms with Crippen LogP contribution in [0.2, 0.25) is 0 Å². The summed E-state index contributed by atoms with van der Waals surface area (Å²) in [4.78, 5) is 13.5. The molecule has 1 aromatic carbocycles. The number of nitrogens with zero attached hydrogens (tertiary/aromatic N) is 1. The Bertz CT molecular complexity index is 411. The third-order valence-electron chi connectivity index (χ3n) is 3.82. The van der Waals surface area contributed by atoms with Crippen molar-refractivity contribution in [1.82, 2.24) is 0 Å². The van der Waals surface area contributed by atoms with Gasteiger partial charge in [-0.25, -0.2) is 0 Å². The number of hydrogen-bond donors (Lipinski definition) is 0. The summed E-state index contributed by atoms with van der Waals surface area (Å²) < 4.78 is 0. The van der Waals surface area contributed by atoms with Crippen molar-refractivity contribution in [3.8, 4) is 0 Å². The zero-order valence-electron chi connectivity index (χ0n) is 10.9. The van der Waals surface area contributed by atoms with Crippen LogP contribution in [0.25, 0.3) is 0 Å². The lowest BCUT2D eigenvalue weighted by Gasteiger charge is -2.21. The molecule has 1 unspecified atom stereocenters. The van der Waals surface area contributed by atoms with Gasteiger partial charge < -0.3 is 4.90 Å². The molecule has 1 saturated heterocycles. The summed E-state index contributed by atoms with van der Waals surface area (Å²) in [5.41, 5.74) is 3.08. The maximum atomic E-state index is 11.1. The SMILES string of the molecule is Cc1ccc(N2CCC(C(C)C)C2)c(C=O)c1. The molecule has 2 rings (SSSR count). The van der Waals surface area contributed by atoms with Gasteiger partial charge in [-0.1, -0.05) is 25.5 Å². The van der Waals surface area contributed by atoms with Gasteiger partial charge in [0.1, 0.15) is 0 Å². The van der Waals surface area contributed by atoms with E-state index in [1.807, 2.05) is 13.0 Å². The largest absolute Gasteiger partial charge is 0.371 e. The molecule has 2 nitrogen and oxygen atoms in total. The second kappa shape index (κ2) is 4.91. The second-order valence-electron chi connectivity index (χ2n) is 5.42. The quantitative estimate of drug-likeness (QED) is 0.744. The van der Waals surface area contributed by atoms with Crippen LogP contribution in [-0.4, -0.2) is 19.4 Å². The first kappa shape index (κ1) is 12.2. The van der Waals surface area contributed by atoms with Crippen molar-refractivity contribution in [2.75, 3.05) is 18.0 Å². The van der Waals surface area contributed by atoms with E-state index in [1.54, 1.807) is 0 Å². The van der Waals surface area contributed by atoms with Crippen LogP contribution in [0, 0.1) is 18.8 Å². The molecule has 92 valence electrons. The normalized spacial score (nSPS) is 20.0. The van der Waals surface area contributed by atoms with E-state index in [9.17, 15) is 4.79 Å². The highest BCUT2D eigenvalue weighted by Crippen LogP contribution is 2.30. The van der Waals surface area contributed by atoms with Gasteiger partial charge in [0.2, 0.25) is 0 Å². The molecule has 0 aromatic heterocycles. The number of benzene rings is 1. The monoisotopic (exact) mass is 231 g/mol. The molecule has 1 fully saturated rings. The van der Waals surface area contributed by atoms with E-state index in [2.05, 4.69) is 30.9 Å². The molecule has 0 radical (unpaired) electrons. The highest BCUT2D eigenvalue weighted by molar-refractivity contribution is 5.85. The Morgan fingerprint density at radius 1 is 1.41 bits per heavy atom. The summed E-state index contributed by atoms with van der Waals surface area (Å²) >= 11 is 0. The first-order valence-corrected chi connectivity index (χ1v) is 6.42. The standard InChI is InChI=1S/C15H21NO/c1-11(2)13-6-7-16(9-13)15-5-4-12(3)8-14(15)10-17/h4-5,8,10-11,13H,6-7,9H2,1-3H3. The fraction of sp³-hybridized carbons (Fsp3) is 0.533. The lowest BCUT2D eigenvalue weighted by atomic mass is 9.95. The predicted molar refractivity (Wildman–Crippen MR) is 71.7 cm³/mol. The van der Waals surface area contributed by atoms with Gasteiger partial charge >= 0.3 is 0 Å². The molecule has 0 amide bonds. The molecule has 0 N–H and O–H groups in total. The molecule has 1 aliphatic heterocycles. The highest BCUT2D eigenvalue weighted by Gasteiger charge is 2.26. The smallest absolute Gasteiger partial charge is 0.152 e. The Balaban J connectivity index is 2.21. The number of carbonyl (C=O) groups excluding carboxylic acids is 1. The molecule has 1 atom stereocenters. The number of carbonyl (C=O) groups is 1.